The summed E-state index contributed by atoms with van der Waals surface area (Å²) in [5.41, 5.74) is 5.54. The number of non-ortho nitro benzene ring substituents is 1. The van der Waals surface area contributed by atoms with Gasteiger partial charge in [0, 0.05) is 12.1 Å². The average molecular weight is 353 g/mol. The van der Waals surface area contributed by atoms with Crippen LogP contribution in [-0.4, -0.2) is 21.0 Å². The summed E-state index contributed by atoms with van der Waals surface area (Å²) < 4.78 is 6.01. The average Bonchev–Trinajstić information content (AvgIpc) is 2.48. The Bertz CT molecular complexity index is 720. The summed E-state index contributed by atoms with van der Waals surface area (Å²) in [5.74, 6) is 0.215. The van der Waals surface area contributed by atoms with Crippen LogP contribution in [0.25, 0.3) is 0 Å². The molecule has 0 unspecified atom stereocenters. The number of ether oxygens (including phenoxy) is 1. The van der Waals surface area contributed by atoms with E-state index in [2.05, 4.69) is 26.1 Å². The molecular formula is C12H9BrN4O4. The quantitative estimate of drug-likeness (QED) is 0.286. The predicted molar refractivity (Wildman–Crippen MR) is 77.6 cm³/mol. The van der Waals surface area contributed by atoms with Crippen LogP contribution in [0.15, 0.2) is 46.0 Å². The molecule has 8 nitrogen and oxygen atoms in total. The number of nitrogens with zero attached hydrogens (tertiary/aromatic N) is 3. The highest BCUT2D eigenvalue weighted by Crippen LogP contribution is 2.32. The number of benzene rings is 1. The van der Waals surface area contributed by atoms with E-state index in [-0.39, 0.29) is 28.8 Å². The zero-order valence-electron chi connectivity index (χ0n) is 10.4. The summed E-state index contributed by atoms with van der Waals surface area (Å²) in [6, 6.07) is 8.78. The SMILES string of the molecule is N/C(=N/O)c1cccc(Oc2cc([N+](=O)[O-])ccc2Br)n1. The number of rotatable bonds is 4. The van der Waals surface area contributed by atoms with Gasteiger partial charge in [0.25, 0.3) is 5.69 Å². The molecule has 0 saturated heterocycles. The van der Waals surface area contributed by atoms with Crippen molar-refractivity contribution < 1.29 is 14.9 Å². The van der Waals surface area contributed by atoms with Crippen molar-refractivity contribution in [1.29, 1.82) is 0 Å². The van der Waals surface area contributed by atoms with Crippen molar-refractivity contribution in [2.75, 3.05) is 0 Å². The van der Waals surface area contributed by atoms with Crippen LogP contribution in [0.5, 0.6) is 11.6 Å². The predicted octanol–water partition coefficient (Wildman–Crippen LogP) is 2.64. The minimum atomic E-state index is -0.528. The van der Waals surface area contributed by atoms with Crippen LogP contribution in [0, 0.1) is 10.1 Å². The van der Waals surface area contributed by atoms with Crippen LogP contribution in [0.3, 0.4) is 0 Å². The van der Waals surface area contributed by atoms with E-state index in [0.717, 1.165) is 0 Å². The summed E-state index contributed by atoms with van der Waals surface area (Å²) in [7, 11) is 0. The molecule has 0 spiro atoms. The number of nitro groups is 1. The Labute approximate surface area is 127 Å². The van der Waals surface area contributed by atoms with Gasteiger partial charge in [0.1, 0.15) is 5.69 Å². The zero-order chi connectivity index (χ0) is 15.4. The lowest BCUT2D eigenvalue weighted by atomic mass is 10.3. The van der Waals surface area contributed by atoms with Gasteiger partial charge in [-0.2, -0.15) is 0 Å². The molecule has 0 bridgehead atoms. The normalized spacial score (nSPS) is 11.2. The zero-order valence-corrected chi connectivity index (χ0v) is 12.0. The highest BCUT2D eigenvalue weighted by molar-refractivity contribution is 9.10. The van der Waals surface area contributed by atoms with Crippen molar-refractivity contribution in [1.82, 2.24) is 4.98 Å². The highest BCUT2D eigenvalue weighted by atomic mass is 79.9. The van der Waals surface area contributed by atoms with Gasteiger partial charge in [-0.3, -0.25) is 10.1 Å². The molecule has 1 heterocycles. The molecule has 0 aliphatic heterocycles. The fraction of sp³-hybridized carbons (Fsp3) is 0. The van der Waals surface area contributed by atoms with Gasteiger partial charge in [-0.15, -0.1) is 0 Å². The number of nitrogens with two attached hydrogens (primary N) is 1. The standard InChI is InChI=1S/C12H9BrN4O4/c13-8-5-4-7(17(19)20)6-10(8)21-11-3-1-2-9(15-11)12(14)16-18/h1-6,18H,(H2,14,16). The first kappa shape index (κ1) is 14.7. The van der Waals surface area contributed by atoms with Gasteiger partial charge in [0.05, 0.1) is 15.5 Å². The maximum absolute atomic E-state index is 10.8. The number of pyridine rings is 1. The molecule has 0 aliphatic carbocycles. The van der Waals surface area contributed by atoms with Crippen LogP contribution in [-0.2, 0) is 0 Å². The second-order valence-corrected chi connectivity index (χ2v) is 4.67. The molecule has 2 rings (SSSR count). The van der Waals surface area contributed by atoms with E-state index in [9.17, 15) is 10.1 Å². The summed E-state index contributed by atoms with van der Waals surface area (Å²) >= 11 is 3.23. The van der Waals surface area contributed by atoms with Crippen molar-refractivity contribution in [2.45, 2.75) is 0 Å². The fourth-order valence-electron chi connectivity index (χ4n) is 1.46. The highest BCUT2D eigenvalue weighted by Gasteiger charge is 2.12. The molecule has 0 radical (unpaired) electrons. The van der Waals surface area contributed by atoms with Crippen LogP contribution in [0.4, 0.5) is 5.69 Å². The lowest BCUT2D eigenvalue weighted by molar-refractivity contribution is -0.384. The first-order valence-corrected chi connectivity index (χ1v) is 6.37. The maximum atomic E-state index is 10.8. The van der Waals surface area contributed by atoms with Crippen LogP contribution in [0.1, 0.15) is 5.69 Å². The molecule has 0 atom stereocenters. The van der Waals surface area contributed by atoms with Crippen molar-refractivity contribution in [3.8, 4) is 11.6 Å². The van der Waals surface area contributed by atoms with Crippen LogP contribution < -0.4 is 10.5 Å². The molecule has 9 heteroatoms. The van der Waals surface area contributed by atoms with Crippen molar-refractivity contribution in [3.63, 3.8) is 0 Å². The number of amidine groups is 1. The third-order valence-electron chi connectivity index (χ3n) is 2.43. The molecule has 108 valence electrons. The van der Waals surface area contributed by atoms with Gasteiger partial charge in [-0.25, -0.2) is 4.98 Å². The first-order valence-electron chi connectivity index (χ1n) is 5.58. The Kier molecular flexibility index (Phi) is 4.33. The lowest BCUT2D eigenvalue weighted by Crippen LogP contribution is -2.14. The first-order chi connectivity index (χ1) is 10.0. The minimum absolute atomic E-state index is 0.110. The van der Waals surface area contributed by atoms with E-state index in [4.69, 9.17) is 15.7 Å². The van der Waals surface area contributed by atoms with Gasteiger partial charge in [0.2, 0.25) is 5.88 Å². The molecule has 21 heavy (non-hydrogen) atoms. The maximum Gasteiger partial charge on any atom is 0.273 e. The number of halogens is 1. The smallest absolute Gasteiger partial charge is 0.273 e. The third-order valence-corrected chi connectivity index (χ3v) is 3.09. The Hall–Kier alpha value is -2.68. The Morgan fingerprint density at radius 2 is 2.19 bits per heavy atom. The molecular weight excluding hydrogens is 344 g/mol. The van der Waals surface area contributed by atoms with Gasteiger partial charge in [0.15, 0.2) is 11.6 Å². The van der Waals surface area contributed by atoms with Crippen molar-refractivity contribution in [3.05, 3.63) is 56.7 Å². The van der Waals surface area contributed by atoms with E-state index in [0.29, 0.717) is 4.47 Å². The Morgan fingerprint density at radius 1 is 1.43 bits per heavy atom. The number of oxime groups is 1. The third kappa shape index (κ3) is 3.45. The molecule has 1 aromatic heterocycles. The van der Waals surface area contributed by atoms with Gasteiger partial charge >= 0.3 is 0 Å². The van der Waals surface area contributed by atoms with E-state index >= 15 is 0 Å². The monoisotopic (exact) mass is 352 g/mol. The summed E-state index contributed by atoms with van der Waals surface area (Å²) in [6.07, 6.45) is 0. The molecule has 3 N–H and O–H groups in total. The van der Waals surface area contributed by atoms with Gasteiger partial charge in [-0.05, 0) is 28.1 Å². The molecule has 1 aromatic carbocycles. The van der Waals surface area contributed by atoms with E-state index in [1.54, 1.807) is 12.1 Å². The second kappa shape index (κ2) is 6.18. The summed E-state index contributed by atoms with van der Waals surface area (Å²) in [5, 5.41) is 22.2. The second-order valence-electron chi connectivity index (χ2n) is 3.82. The Morgan fingerprint density at radius 3 is 2.86 bits per heavy atom. The number of hydrogen-bond acceptors (Lipinski definition) is 6. The fourth-order valence-corrected chi connectivity index (χ4v) is 1.79. The molecule has 0 saturated carbocycles. The van der Waals surface area contributed by atoms with Gasteiger partial charge in [-0.1, -0.05) is 11.2 Å². The van der Waals surface area contributed by atoms with Gasteiger partial charge < -0.3 is 15.7 Å². The molecule has 0 fully saturated rings. The van der Waals surface area contributed by atoms with Crippen LogP contribution >= 0.6 is 15.9 Å². The summed E-state index contributed by atoms with van der Waals surface area (Å²) in [6.45, 7) is 0. The summed E-state index contributed by atoms with van der Waals surface area (Å²) in [4.78, 5) is 14.3. The Balaban J connectivity index is 2.34. The minimum Gasteiger partial charge on any atom is -0.438 e. The molecule has 2 aromatic rings. The van der Waals surface area contributed by atoms with E-state index < -0.39 is 4.92 Å². The topological polar surface area (TPSA) is 124 Å². The number of aromatic nitrogens is 1. The van der Waals surface area contributed by atoms with Crippen molar-refractivity contribution in [2.24, 2.45) is 10.9 Å². The van der Waals surface area contributed by atoms with Crippen LogP contribution in [0.2, 0.25) is 0 Å². The largest absolute Gasteiger partial charge is 0.438 e. The number of nitro benzene ring substituents is 1. The lowest BCUT2D eigenvalue weighted by Gasteiger charge is -2.07. The molecule has 0 amide bonds. The van der Waals surface area contributed by atoms with Crippen molar-refractivity contribution >= 4 is 27.5 Å². The molecule has 0 aliphatic rings. The van der Waals surface area contributed by atoms with E-state index in [1.807, 2.05) is 0 Å². The number of hydrogen-bond donors (Lipinski definition) is 2. The van der Waals surface area contributed by atoms with E-state index in [1.165, 1.54) is 24.3 Å².